The average Bonchev–Trinajstić information content (AvgIpc) is 2.79. The molecule has 6 nitrogen and oxygen atoms in total. The summed E-state index contributed by atoms with van der Waals surface area (Å²) in [5.74, 6) is -1.15. The summed E-state index contributed by atoms with van der Waals surface area (Å²) in [6.07, 6.45) is 21.3. The molecule has 0 aromatic rings. The fraction of sp³-hybridized carbons (Fsp3) is 0.893. The highest BCUT2D eigenvalue weighted by Gasteiger charge is 2.42. The standard InChI is InChI=1S/C28H51NO5/c1-3-5-6-7-8-9-10-11-12-13-14-15-16-17-18-19-23(33-27(31)21-20-26(29)30)22-25-24(4-2)28(32)34-25/h23-25H,3-22H2,1-2H3,(H2,29,30)/t23-,24-,25-/m0/s1. The first-order valence-corrected chi connectivity index (χ1v) is 14.2. The lowest BCUT2D eigenvalue weighted by molar-refractivity contribution is -0.189. The Bertz CT molecular complexity index is 565. The maximum absolute atomic E-state index is 12.1. The Labute approximate surface area is 208 Å². The molecule has 3 atom stereocenters. The molecular formula is C28H51NO5. The van der Waals surface area contributed by atoms with Crippen LogP contribution in [0, 0.1) is 5.92 Å². The molecule has 1 aliphatic heterocycles. The van der Waals surface area contributed by atoms with E-state index >= 15 is 0 Å². The number of carbonyl (C=O) groups is 3. The Morgan fingerprint density at radius 1 is 0.824 bits per heavy atom. The number of ether oxygens (including phenoxy) is 2. The summed E-state index contributed by atoms with van der Waals surface area (Å²) in [5, 5.41) is 0. The third-order valence-electron chi connectivity index (χ3n) is 6.96. The van der Waals surface area contributed by atoms with Crippen molar-refractivity contribution < 1.29 is 23.9 Å². The Morgan fingerprint density at radius 2 is 1.32 bits per heavy atom. The molecule has 1 amide bonds. The van der Waals surface area contributed by atoms with E-state index in [4.69, 9.17) is 15.2 Å². The van der Waals surface area contributed by atoms with Gasteiger partial charge in [-0.1, -0.05) is 104 Å². The van der Waals surface area contributed by atoms with Gasteiger partial charge < -0.3 is 15.2 Å². The van der Waals surface area contributed by atoms with Gasteiger partial charge in [0, 0.05) is 12.8 Å². The number of amides is 1. The van der Waals surface area contributed by atoms with Gasteiger partial charge in [0.05, 0.1) is 12.3 Å². The Hall–Kier alpha value is -1.59. The van der Waals surface area contributed by atoms with Gasteiger partial charge in [0.25, 0.3) is 0 Å². The molecule has 0 bridgehead atoms. The van der Waals surface area contributed by atoms with Crippen LogP contribution in [0.4, 0.5) is 0 Å². The number of hydrogen-bond acceptors (Lipinski definition) is 5. The summed E-state index contributed by atoms with van der Waals surface area (Å²) in [7, 11) is 0. The summed E-state index contributed by atoms with van der Waals surface area (Å²) in [5.41, 5.74) is 5.13. The van der Waals surface area contributed by atoms with Crippen LogP contribution in [0.5, 0.6) is 0 Å². The molecule has 6 heteroatoms. The van der Waals surface area contributed by atoms with Crippen LogP contribution in [-0.4, -0.2) is 30.1 Å². The van der Waals surface area contributed by atoms with Gasteiger partial charge in [-0.2, -0.15) is 0 Å². The molecule has 1 saturated heterocycles. The molecule has 0 aromatic heterocycles. The maximum Gasteiger partial charge on any atom is 0.313 e. The third-order valence-corrected chi connectivity index (χ3v) is 6.96. The Balaban J connectivity index is 2.11. The van der Waals surface area contributed by atoms with Gasteiger partial charge in [-0.05, 0) is 19.3 Å². The maximum atomic E-state index is 12.1. The van der Waals surface area contributed by atoms with Crippen molar-refractivity contribution in [1.82, 2.24) is 0 Å². The second-order valence-corrected chi connectivity index (χ2v) is 10.0. The predicted octanol–water partition coefficient (Wildman–Crippen LogP) is 6.77. The second kappa shape index (κ2) is 19.7. The van der Waals surface area contributed by atoms with Crippen LogP contribution in [0.15, 0.2) is 0 Å². The smallest absolute Gasteiger partial charge is 0.313 e. The topological polar surface area (TPSA) is 95.7 Å². The van der Waals surface area contributed by atoms with E-state index in [2.05, 4.69) is 6.92 Å². The zero-order chi connectivity index (χ0) is 25.0. The van der Waals surface area contributed by atoms with Crippen molar-refractivity contribution in [3.8, 4) is 0 Å². The van der Waals surface area contributed by atoms with Crippen molar-refractivity contribution in [1.29, 1.82) is 0 Å². The highest BCUT2D eigenvalue weighted by Crippen LogP contribution is 2.31. The van der Waals surface area contributed by atoms with E-state index < -0.39 is 11.9 Å². The van der Waals surface area contributed by atoms with Crippen molar-refractivity contribution in [2.24, 2.45) is 11.7 Å². The number of carbonyl (C=O) groups excluding carboxylic acids is 3. The molecule has 0 aliphatic carbocycles. The summed E-state index contributed by atoms with van der Waals surface area (Å²) >= 11 is 0. The van der Waals surface area contributed by atoms with Crippen LogP contribution in [0.3, 0.4) is 0 Å². The monoisotopic (exact) mass is 481 g/mol. The second-order valence-electron chi connectivity index (χ2n) is 10.0. The molecule has 1 heterocycles. The molecule has 0 radical (unpaired) electrons. The van der Waals surface area contributed by atoms with E-state index in [1.54, 1.807) is 0 Å². The fourth-order valence-electron chi connectivity index (χ4n) is 4.74. The van der Waals surface area contributed by atoms with Crippen molar-refractivity contribution in [2.75, 3.05) is 0 Å². The lowest BCUT2D eigenvalue weighted by Crippen LogP contribution is -2.46. The summed E-state index contributed by atoms with van der Waals surface area (Å²) in [6.45, 7) is 4.24. The highest BCUT2D eigenvalue weighted by molar-refractivity contribution is 5.80. The largest absolute Gasteiger partial charge is 0.462 e. The molecule has 1 aliphatic rings. The number of unbranched alkanes of at least 4 members (excludes halogenated alkanes) is 14. The van der Waals surface area contributed by atoms with Crippen LogP contribution in [0.2, 0.25) is 0 Å². The van der Waals surface area contributed by atoms with Crippen molar-refractivity contribution in [2.45, 2.75) is 154 Å². The van der Waals surface area contributed by atoms with E-state index in [9.17, 15) is 14.4 Å². The van der Waals surface area contributed by atoms with Gasteiger partial charge in [0.2, 0.25) is 5.91 Å². The third kappa shape index (κ3) is 14.6. The van der Waals surface area contributed by atoms with E-state index in [0.717, 1.165) is 25.7 Å². The van der Waals surface area contributed by atoms with Gasteiger partial charge in [0.1, 0.15) is 12.2 Å². The Kier molecular flexibility index (Phi) is 17.6. The van der Waals surface area contributed by atoms with Crippen molar-refractivity contribution in [3.05, 3.63) is 0 Å². The first kappa shape index (κ1) is 30.4. The lowest BCUT2D eigenvalue weighted by atomic mass is 9.89. The first-order chi connectivity index (χ1) is 16.5. The van der Waals surface area contributed by atoms with Crippen molar-refractivity contribution >= 4 is 17.8 Å². The first-order valence-electron chi connectivity index (χ1n) is 14.2. The normalized spacial score (nSPS) is 18.2. The number of rotatable bonds is 23. The molecule has 2 N–H and O–H groups in total. The molecule has 34 heavy (non-hydrogen) atoms. The van der Waals surface area contributed by atoms with Crippen LogP contribution in [-0.2, 0) is 23.9 Å². The van der Waals surface area contributed by atoms with Gasteiger partial charge in [-0.15, -0.1) is 0 Å². The van der Waals surface area contributed by atoms with Gasteiger partial charge in [-0.25, -0.2) is 0 Å². The summed E-state index contributed by atoms with van der Waals surface area (Å²) in [4.78, 5) is 34.6. The molecular weight excluding hydrogens is 430 g/mol. The number of esters is 2. The summed E-state index contributed by atoms with van der Waals surface area (Å²) in [6, 6.07) is 0. The highest BCUT2D eigenvalue weighted by atomic mass is 16.6. The fourth-order valence-corrected chi connectivity index (χ4v) is 4.74. The van der Waals surface area contributed by atoms with E-state index in [0.29, 0.717) is 6.42 Å². The zero-order valence-electron chi connectivity index (χ0n) is 22.0. The average molecular weight is 482 g/mol. The number of nitrogens with two attached hydrogens (primary N) is 1. The number of cyclic esters (lactones) is 1. The quantitative estimate of drug-likeness (QED) is 0.128. The van der Waals surface area contributed by atoms with Gasteiger partial charge in [-0.3, -0.25) is 14.4 Å². The molecule has 0 spiro atoms. The minimum atomic E-state index is -0.505. The van der Waals surface area contributed by atoms with Crippen LogP contribution >= 0.6 is 0 Å². The zero-order valence-corrected chi connectivity index (χ0v) is 22.0. The molecule has 198 valence electrons. The molecule has 0 unspecified atom stereocenters. The minimum absolute atomic E-state index is 0.000507. The van der Waals surface area contributed by atoms with Crippen LogP contribution in [0.25, 0.3) is 0 Å². The van der Waals surface area contributed by atoms with E-state index in [1.807, 2.05) is 6.92 Å². The van der Waals surface area contributed by atoms with Gasteiger partial charge in [0.15, 0.2) is 0 Å². The predicted molar refractivity (Wildman–Crippen MR) is 136 cm³/mol. The minimum Gasteiger partial charge on any atom is -0.462 e. The number of hydrogen-bond donors (Lipinski definition) is 1. The van der Waals surface area contributed by atoms with Crippen molar-refractivity contribution in [3.63, 3.8) is 0 Å². The molecule has 1 fully saturated rings. The number of primary amides is 1. The molecule has 0 aromatic carbocycles. The lowest BCUT2D eigenvalue weighted by Gasteiger charge is -2.36. The molecule has 1 rings (SSSR count). The van der Waals surface area contributed by atoms with Crippen LogP contribution in [0.1, 0.15) is 142 Å². The van der Waals surface area contributed by atoms with E-state index in [1.165, 1.54) is 83.5 Å². The molecule has 0 saturated carbocycles. The van der Waals surface area contributed by atoms with Crippen LogP contribution < -0.4 is 5.73 Å². The Morgan fingerprint density at radius 3 is 1.76 bits per heavy atom. The SMILES string of the molecule is CCCCCCCCCCCCCCCCC[C@@H](C[C@@H]1OC(=O)[C@H]1CC)OC(=O)CCC(N)=O. The summed E-state index contributed by atoms with van der Waals surface area (Å²) < 4.78 is 10.9. The van der Waals surface area contributed by atoms with Gasteiger partial charge >= 0.3 is 11.9 Å². The van der Waals surface area contributed by atoms with E-state index in [-0.39, 0.29) is 36.9 Å².